The van der Waals surface area contributed by atoms with Crippen LogP contribution in [0.25, 0.3) is 0 Å². The van der Waals surface area contributed by atoms with Crippen molar-refractivity contribution in [1.29, 1.82) is 5.41 Å². The number of hydrogen-bond donors (Lipinski definition) is 3. The lowest BCUT2D eigenvalue weighted by Crippen LogP contribution is -2.29. The van der Waals surface area contributed by atoms with Crippen LogP contribution in [0.5, 0.6) is 0 Å². The van der Waals surface area contributed by atoms with Gasteiger partial charge < -0.3 is 19.7 Å². The topological polar surface area (TPSA) is 86.0 Å². The molecule has 224 valence electrons. The van der Waals surface area contributed by atoms with E-state index in [9.17, 15) is 13.2 Å². The third-order valence-corrected chi connectivity index (χ3v) is 6.06. The van der Waals surface area contributed by atoms with Gasteiger partial charge in [-0.05, 0) is 49.3 Å². The Morgan fingerprint density at radius 3 is 2.28 bits per heavy atom. The first-order chi connectivity index (χ1) is 18.5. The lowest BCUT2D eigenvalue weighted by molar-refractivity contribution is -0.0906. The second kappa shape index (κ2) is 20.7. The van der Waals surface area contributed by atoms with Crippen molar-refractivity contribution in [3.63, 3.8) is 0 Å². The van der Waals surface area contributed by atoms with E-state index in [1.807, 2.05) is 26.8 Å². The molecule has 3 N–H and O–H groups in total. The van der Waals surface area contributed by atoms with Crippen LogP contribution in [0.1, 0.15) is 67.2 Å². The minimum absolute atomic E-state index is 0.109. The molecule has 1 aliphatic heterocycles. The Labute approximate surface area is 233 Å². The number of ether oxygens (including phenoxy) is 2. The summed E-state index contributed by atoms with van der Waals surface area (Å²) in [7, 11) is 0. The highest BCUT2D eigenvalue weighted by Gasteiger charge is 2.31. The maximum absolute atomic E-state index is 12.8. The summed E-state index contributed by atoms with van der Waals surface area (Å²) in [6.45, 7) is 15.3. The molecule has 6 nitrogen and oxygen atoms in total. The van der Waals surface area contributed by atoms with Gasteiger partial charge in [-0.1, -0.05) is 71.4 Å². The summed E-state index contributed by atoms with van der Waals surface area (Å²) in [5, 5.41) is 25.7. The lowest BCUT2D eigenvalue weighted by Gasteiger charge is -2.20. The number of nitrogens with zero attached hydrogens (tertiary/aromatic N) is 1. The SMILES string of the molecule is C/C=C1/CCN(CCOC(=N)C2=CC=C(C(F)(F)F)C=CC2)CC/C1=C/COCC(O)O.CC.CCC(C)C. The van der Waals surface area contributed by atoms with Crippen molar-refractivity contribution in [3.05, 3.63) is 58.7 Å². The number of likely N-dealkylation sites (tertiary alicyclic amines) is 1. The number of alkyl halides is 3. The average molecular weight is 559 g/mol. The highest BCUT2D eigenvalue weighted by Crippen LogP contribution is 2.29. The Balaban J connectivity index is 0.00000185. The molecule has 0 aromatic heterocycles. The zero-order chi connectivity index (χ0) is 29.8. The van der Waals surface area contributed by atoms with E-state index in [4.69, 9.17) is 25.1 Å². The Morgan fingerprint density at radius 1 is 1.13 bits per heavy atom. The van der Waals surface area contributed by atoms with E-state index in [1.54, 1.807) is 0 Å². The summed E-state index contributed by atoms with van der Waals surface area (Å²) in [4.78, 5) is 2.22. The smallest absolute Gasteiger partial charge is 0.416 e. The van der Waals surface area contributed by atoms with Gasteiger partial charge in [0.05, 0.1) is 18.8 Å². The molecule has 2 rings (SSSR count). The van der Waals surface area contributed by atoms with Crippen molar-refractivity contribution in [2.45, 2.75) is 79.7 Å². The lowest BCUT2D eigenvalue weighted by atomic mass is 10.0. The fourth-order valence-electron chi connectivity index (χ4n) is 3.46. The van der Waals surface area contributed by atoms with Crippen LogP contribution in [0.4, 0.5) is 13.2 Å². The molecule has 0 spiro atoms. The van der Waals surface area contributed by atoms with Gasteiger partial charge in [0.15, 0.2) is 6.29 Å². The van der Waals surface area contributed by atoms with Crippen LogP contribution < -0.4 is 0 Å². The van der Waals surface area contributed by atoms with E-state index >= 15 is 0 Å². The highest BCUT2D eigenvalue weighted by molar-refractivity contribution is 5.91. The van der Waals surface area contributed by atoms with Gasteiger partial charge in [-0.25, -0.2) is 0 Å². The van der Waals surface area contributed by atoms with E-state index in [1.165, 1.54) is 29.7 Å². The van der Waals surface area contributed by atoms with Crippen molar-refractivity contribution in [1.82, 2.24) is 4.90 Å². The maximum atomic E-state index is 12.8. The summed E-state index contributed by atoms with van der Waals surface area (Å²) < 4.78 is 49.2. The van der Waals surface area contributed by atoms with Gasteiger partial charge in [0, 0.05) is 25.2 Å². The largest absolute Gasteiger partial charge is 0.476 e. The van der Waals surface area contributed by atoms with Crippen molar-refractivity contribution < 1.29 is 32.9 Å². The number of rotatable bonds is 9. The summed E-state index contributed by atoms with van der Waals surface area (Å²) in [5.74, 6) is 0.775. The average Bonchev–Trinajstić information content (AvgIpc) is 3.27. The molecule has 0 aromatic carbocycles. The summed E-state index contributed by atoms with van der Waals surface area (Å²) in [5.41, 5.74) is 2.05. The maximum Gasteiger partial charge on any atom is 0.416 e. The molecular weight excluding hydrogens is 509 g/mol. The molecule has 1 aliphatic carbocycles. The second-order valence-corrected chi connectivity index (χ2v) is 9.30. The van der Waals surface area contributed by atoms with Gasteiger partial charge in [0.2, 0.25) is 5.90 Å². The fraction of sp³-hybridized carbons (Fsp3) is 0.633. The Bertz CT molecular complexity index is 857. The van der Waals surface area contributed by atoms with Gasteiger partial charge >= 0.3 is 6.18 Å². The third-order valence-electron chi connectivity index (χ3n) is 6.06. The van der Waals surface area contributed by atoms with Crippen LogP contribution in [0.3, 0.4) is 0 Å². The number of aliphatic hydroxyl groups excluding tert-OH is 1. The monoisotopic (exact) mass is 558 g/mol. The predicted octanol–water partition coefficient (Wildman–Crippen LogP) is 6.73. The highest BCUT2D eigenvalue weighted by atomic mass is 19.4. The van der Waals surface area contributed by atoms with E-state index in [0.29, 0.717) is 18.7 Å². The molecule has 1 heterocycles. The molecule has 39 heavy (non-hydrogen) atoms. The molecular formula is C30H49F3N2O4. The first-order valence-corrected chi connectivity index (χ1v) is 13.8. The number of allylic oxidation sites excluding steroid dienone is 6. The standard InChI is InChI=1S/C23H31F3N2O4.C5H12.C2H6/c1-2-17-8-11-28(12-9-18(17)10-14-31-16-21(29)30)13-15-32-22(27)19-4-3-5-20(7-6-19)23(24,25)26;1-4-5(2)3;1-2/h2-3,5-7,10,21,27,29-30H,4,8-9,11-16H2,1H3;5H,4H2,1-3H3;1-2H3/b17-2-,18-10-,27-22?;;. The number of aliphatic hydroxyl groups is 2. The first kappa shape index (κ1) is 36.8. The quantitative estimate of drug-likeness (QED) is 0.126. The summed E-state index contributed by atoms with van der Waals surface area (Å²) in [6, 6.07) is 0. The van der Waals surface area contributed by atoms with Crippen LogP contribution >= 0.6 is 0 Å². The zero-order valence-electron chi connectivity index (χ0n) is 24.5. The van der Waals surface area contributed by atoms with Gasteiger partial charge in [-0.15, -0.1) is 0 Å². The summed E-state index contributed by atoms with van der Waals surface area (Å²) in [6.07, 6.45) is 6.00. The van der Waals surface area contributed by atoms with Crippen LogP contribution in [0.15, 0.2) is 58.7 Å². The zero-order valence-corrected chi connectivity index (χ0v) is 24.5. The molecule has 0 atom stereocenters. The first-order valence-electron chi connectivity index (χ1n) is 13.8. The minimum Gasteiger partial charge on any atom is -0.476 e. The van der Waals surface area contributed by atoms with Crippen molar-refractivity contribution in [3.8, 4) is 0 Å². The minimum atomic E-state index is -4.41. The van der Waals surface area contributed by atoms with Gasteiger partial charge in [-0.2, -0.15) is 13.2 Å². The van der Waals surface area contributed by atoms with E-state index in [0.717, 1.165) is 44.0 Å². The van der Waals surface area contributed by atoms with Crippen LogP contribution in [0, 0.1) is 11.3 Å². The van der Waals surface area contributed by atoms with Crippen molar-refractivity contribution >= 4 is 5.90 Å². The van der Waals surface area contributed by atoms with Crippen LogP contribution in [-0.2, 0) is 9.47 Å². The normalized spacial score (nSPS) is 18.5. The van der Waals surface area contributed by atoms with E-state index in [2.05, 4.69) is 31.7 Å². The van der Waals surface area contributed by atoms with Gasteiger partial charge in [0.25, 0.3) is 0 Å². The number of hydrogen-bond acceptors (Lipinski definition) is 6. The molecule has 9 heteroatoms. The third kappa shape index (κ3) is 16.5. The summed E-state index contributed by atoms with van der Waals surface area (Å²) >= 11 is 0. The van der Waals surface area contributed by atoms with E-state index < -0.39 is 18.0 Å². The molecule has 0 radical (unpaired) electrons. The molecule has 0 saturated carbocycles. The Kier molecular flexibility index (Phi) is 19.5. The van der Waals surface area contributed by atoms with Crippen molar-refractivity contribution in [2.24, 2.45) is 5.92 Å². The fourth-order valence-corrected chi connectivity index (χ4v) is 3.46. The van der Waals surface area contributed by atoms with Gasteiger partial charge in [0.1, 0.15) is 6.61 Å². The molecule has 0 bridgehead atoms. The van der Waals surface area contributed by atoms with Crippen LogP contribution in [0.2, 0.25) is 0 Å². The molecule has 0 aromatic rings. The Hall–Kier alpha value is -2.20. The van der Waals surface area contributed by atoms with Crippen molar-refractivity contribution in [2.75, 3.05) is 39.5 Å². The molecule has 0 unspecified atom stereocenters. The van der Waals surface area contributed by atoms with Gasteiger partial charge in [-0.3, -0.25) is 10.3 Å². The van der Waals surface area contributed by atoms with Crippen LogP contribution in [-0.4, -0.2) is 72.9 Å². The predicted molar refractivity (Wildman–Crippen MR) is 153 cm³/mol. The number of nitrogens with one attached hydrogen (secondary N) is 1. The molecule has 1 fully saturated rings. The second-order valence-electron chi connectivity index (χ2n) is 9.30. The number of halogens is 3. The molecule has 1 saturated heterocycles. The Morgan fingerprint density at radius 2 is 1.74 bits per heavy atom. The molecule has 2 aliphatic rings. The van der Waals surface area contributed by atoms with E-state index in [-0.39, 0.29) is 25.5 Å². The molecule has 0 amide bonds.